The van der Waals surface area contributed by atoms with E-state index in [1.165, 1.54) is 5.57 Å². The quantitative estimate of drug-likeness (QED) is 0.446. The summed E-state index contributed by atoms with van der Waals surface area (Å²) in [6.07, 6.45) is 8.46. The molecular formula is C12H18O. The van der Waals surface area contributed by atoms with Crippen LogP contribution in [0.3, 0.4) is 0 Å². The number of ether oxygens (including phenoxy) is 1. The Labute approximate surface area is 81.1 Å². The van der Waals surface area contributed by atoms with E-state index in [4.69, 9.17) is 4.74 Å². The summed E-state index contributed by atoms with van der Waals surface area (Å²) in [5.41, 5.74) is 1.27. The summed E-state index contributed by atoms with van der Waals surface area (Å²) >= 11 is 0. The molecule has 0 amide bonds. The summed E-state index contributed by atoms with van der Waals surface area (Å²) in [5.74, 6) is 0.717. The lowest BCUT2D eigenvalue weighted by molar-refractivity contribution is 0.229. The number of hydrogen-bond donors (Lipinski definition) is 0. The van der Waals surface area contributed by atoms with Crippen molar-refractivity contribution < 1.29 is 4.74 Å². The van der Waals surface area contributed by atoms with Crippen molar-refractivity contribution in [3.05, 3.63) is 48.8 Å². The second kappa shape index (κ2) is 7.41. The molecule has 0 aliphatic carbocycles. The molecule has 0 aliphatic heterocycles. The van der Waals surface area contributed by atoms with Gasteiger partial charge in [0, 0.05) is 6.42 Å². The minimum Gasteiger partial charge on any atom is -0.494 e. The first-order chi connectivity index (χ1) is 6.20. The predicted octanol–water partition coefficient (Wildman–Crippen LogP) is 3.62. The third kappa shape index (κ3) is 7.13. The van der Waals surface area contributed by atoms with Crippen molar-refractivity contribution >= 4 is 0 Å². The van der Waals surface area contributed by atoms with Crippen LogP contribution in [0.1, 0.15) is 20.3 Å². The molecule has 0 aliphatic rings. The van der Waals surface area contributed by atoms with Crippen molar-refractivity contribution in [1.29, 1.82) is 0 Å². The minimum absolute atomic E-state index is 0.680. The van der Waals surface area contributed by atoms with Gasteiger partial charge < -0.3 is 4.74 Å². The first-order valence-corrected chi connectivity index (χ1v) is 4.43. The fourth-order valence-electron chi connectivity index (χ4n) is 0.862. The van der Waals surface area contributed by atoms with Crippen LogP contribution in [-0.2, 0) is 4.74 Å². The fourth-order valence-corrected chi connectivity index (χ4v) is 0.862. The van der Waals surface area contributed by atoms with E-state index in [9.17, 15) is 0 Å². The Kier molecular flexibility index (Phi) is 6.70. The van der Waals surface area contributed by atoms with Crippen LogP contribution < -0.4 is 0 Å². The molecule has 0 spiro atoms. The SMILES string of the molecule is C=C/C=C(\C)CCOC(=C)/C=C\C. The molecule has 72 valence electrons. The summed E-state index contributed by atoms with van der Waals surface area (Å²) < 4.78 is 5.34. The zero-order valence-electron chi connectivity index (χ0n) is 8.55. The third-order valence-electron chi connectivity index (χ3n) is 1.54. The van der Waals surface area contributed by atoms with Crippen molar-refractivity contribution in [1.82, 2.24) is 0 Å². The maximum atomic E-state index is 5.34. The van der Waals surface area contributed by atoms with Crippen LogP contribution in [0.25, 0.3) is 0 Å². The average Bonchev–Trinajstić information content (AvgIpc) is 2.05. The monoisotopic (exact) mass is 178 g/mol. The zero-order valence-corrected chi connectivity index (χ0v) is 8.55. The van der Waals surface area contributed by atoms with Gasteiger partial charge in [0.25, 0.3) is 0 Å². The summed E-state index contributed by atoms with van der Waals surface area (Å²) in [7, 11) is 0. The predicted molar refractivity (Wildman–Crippen MR) is 58.5 cm³/mol. The molecule has 0 aromatic carbocycles. The van der Waals surface area contributed by atoms with Gasteiger partial charge in [-0.05, 0) is 19.9 Å². The molecule has 0 radical (unpaired) electrons. The van der Waals surface area contributed by atoms with E-state index in [0.29, 0.717) is 12.4 Å². The normalized spacial score (nSPS) is 11.7. The smallest absolute Gasteiger partial charge is 0.111 e. The Bertz CT molecular complexity index is 221. The van der Waals surface area contributed by atoms with Gasteiger partial charge in [0.15, 0.2) is 0 Å². The van der Waals surface area contributed by atoms with Gasteiger partial charge >= 0.3 is 0 Å². The molecule has 0 N–H and O–H groups in total. The Morgan fingerprint density at radius 1 is 1.46 bits per heavy atom. The minimum atomic E-state index is 0.680. The second-order valence-electron chi connectivity index (χ2n) is 2.81. The molecular weight excluding hydrogens is 160 g/mol. The van der Waals surface area contributed by atoms with E-state index in [2.05, 4.69) is 20.1 Å². The fraction of sp³-hybridized carbons (Fsp3) is 0.333. The first-order valence-electron chi connectivity index (χ1n) is 4.43. The lowest BCUT2D eigenvalue weighted by atomic mass is 10.2. The summed E-state index contributed by atoms with van der Waals surface area (Å²) in [4.78, 5) is 0. The van der Waals surface area contributed by atoms with E-state index < -0.39 is 0 Å². The van der Waals surface area contributed by atoms with Crippen molar-refractivity contribution in [2.45, 2.75) is 20.3 Å². The van der Waals surface area contributed by atoms with Crippen LogP contribution in [0.4, 0.5) is 0 Å². The molecule has 0 atom stereocenters. The van der Waals surface area contributed by atoms with Crippen LogP contribution in [0.2, 0.25) is 0 Å². The van der Waals surface area contributed by atoms with Crippen LogP contribution in [-0.4, -0.2) is 6.61 Å². The summed E-state index contributed by atoms with van der Waals surface area (Å²) in [6.45, 7) is 12.0. The van der Waals surface area contributed by atoms with Gasteiger partial charge in [-0.25, -0.2) is 0 Å². The van der Waals surface area contributed by atoms with Crippen molar-refractivity contribution in [3.63, 3.8) is 0 Å². The Balaban J connectivity index is 3.61. The molecule has 0 heterocycles. The molecule has 0 aromatic rings. The Morgan fingerprint density at radius 2 is 2.15 bits per heavy atom. The standard InChI is InChI=1S/C12H18O/c1-5-7-11(3)9-10-13-12(4)8-6-2/h5-8H,1,4,9-10H2,2-3H3/b8-6-,11-7+. The largest absolute Gasteiger partial charge is 0.494 e. The second-order valence-corrected chi connectivity index (χ2v) is 2.81. The highest BCUT2D eigenvalue weighted by Crippen LogP contribution is 2.03. The molecule has 0 saturated carbocycles. The van der Waals surface area contributed by atoms with Crippen LogP contribution in [0, 0.1) is 0 Å². The highest BCUT2D eigenvalue weighted by atomic mass is 16.5. The molecule has 0 saturated heterocycles. The van der Waals surface area contributed by atoms with Crippen LogP contribution >= 0.6 is 0 Å². The van der Waals surface area contributed by atoms with Crippen molar-refractivity contribution in [2.75, 3.05) is 6.61 Å². The van der Waals surface area contributed by atoms with Gasteiger partial charge in [-0.3, -0.25) is 0 Å². The van der Waals surface area contributed by atoms with E-state index in [1.54, 1.807) is 6.08 Å². The van der Waals surface area contributed by atoms with Gasteiger partial charge in [0.05, 0.1) is 6.61 Å². The molecule has 1 heteroatoms. The highest BCUT2D eigenvalue weighted by Gasteiger charge is 1.90. The Hall–Kier alpha value is -1.24. The van der Waals surface area contributed by atoms with E-state index in [0.717, 1.165) is 6.42 Å². The molecule has 0 unspecified atom stereocenters. The molecule has 0 bridgehead atoms. The molecule has 0 rings (SSSR count). The van der Waals surface area contributed by atoms with E-state index in [1.807, 2.05) is 25.2 Å². The average molecular weight is 178 g/mol. The van der Waals surface area contributed by atoms with Gasteiger partial charge in [0.1, 0.15) is 5.76 Å². The first kappa shape index (κ1) is 11.8. The maximum Gasteiger partial charge on any atom is 0.111 e. The number of rotatable bonds is 6. The third-order valence-corrected chi connectivity index (χ3v) is 1.54. The molecule has 0 fully saturated rings. The van der Waals surface area contributed by atoms with Crippen molar-refractivity contribution in [2.24, 2.45) is 0 Å². The van der Waals surface area contributed by atoms with Gasteiger partial charge in [0.2, 0.25) is 0 Å². The molecule has 13 heavy (non-hydrogen) atoms. The van der Waals surface area contributed by atoms with E-state index >= 15 is 0 Å². The topological polar surface area (TPSA) is 9.23 Å². The van der Waals surface area contributed by atoms with Crippen molar-refractivity contribution in [3.8, 4) is 0 Å². The number of hydrogen-bond acceptors (Lipinski definition) is 1. The van der Waals surface area contributed by atoms with Gasteiger partial charge in [-0.1, -0.05) is 37.0 Å². The highest BCUT2D eigenvalue weighted by molar-refractivity contribution is 5.09. The van der Waals surface area contributed by atoms with E-state index in [-0.39, 0.29) is 0 Å². The zero-order chi connectivity index (χ0) is 10.1. The van der Waals surface area contributed by atoms with Crippen LogP contribution in [0.15, 0.2) is 48.8 Å². The summed E-state index contributed by atoms with van der Waals surface area (Å²) in [5, 5.41) is 0. The van der Waals surface area contributed by atoms with Gasteiger partial charge in [-0.2, -0.15) is 0 Å². The lowest BCUT2D eigenvalue weighted by Gasteiger charge is -2.04. The maximum absolute atomic E-state index is 5.34. The van der Waals surface area contributed by atoms with Gasteiger partial charge in [-0.15, -0.1) is 0 Å². The molecule has 0 aromatic heterocycles. The molecule has 1 nitrogen and oxygen atoms in total. The summed E-state index contributed by atoms with van der Waals surface area (Å²) in [6, 6.07) is 0. The number of allylic oxidation sites excluding steroid dienone is 4. The Morgan fingerprint density at radius 3 is 2.69 bits per heavy atom. The lowest BCUT2D eigenvalue weighted by Crippen LogP contribution is -1.92. The van der Waals surface area contributed by atoms with Crippen LogP contribution in [0.5, 0.6) is 0 Å².